The predicted molar refractivity (Wildman–Crippen MR) is 135 cm³/mol. The van der Waals surface area contributed by atoms with E-state index in [0.29, 0.717) is 6.54 Å². The van der Waals surface area contributed by atoms with Gasteiger partial charge in [0, 0.05) is 49.2 Å². The van der Waals surface area contributed by atoms with Gasteiger partial charge in [0.25, 0.3) is 0 Å². The van der Waals surface area contributed by atoms with Gasteiger partial charge in [-0.2, -0.15) is 0 Å². The van der Waals surface area contributed by atoms with Crippen molar-refractivity contribution in [2.24, 2.45) is 5.92 Å². The van der Waals surface area contributed by atoms with Crippen LogP contribution in [-0.2, 0) is 17.8 Å². The molecule has 6 heteroatoms. The average Bonchev–Trinajstić information content (AvgIpc) is 3.41. The first-order valence-corrected chi connectivity index (χ1v) is 11.8. The minimum absolute atomic E-state index is 0.0590. The summed E-state index contributed by atoms with van der Waals surface area (Å²) in [5.74, 6) is 1.21. The van der Waals surface area contributed by atoms with Crippen LogP contribution in [0.4, 0.5) is 5.95 Å². The lowest BCUT2D eigenvalue weighted by molar-refractivity contribution is -0.125. The second-order valence-electron chi connectivity index (χ2n) is 8.97. The molecule has 0 unspecified atom stereocenters. The highest BCUT2D eigenvalue weighted by atomic mass is 16.1. The number of para-hydroxylation sites is 2. The number of aromatic amines is 1. The Labute approximate surface area is 194 Å². The van der Waals surface area contributed by atoms with E-state index in [1.54, 1.807) is 0 Å². The van der Waals surface area contributed by atoms with Gasteiger partial charge in [-0.1, -0.05) is 29.8 Å². The van der Waals surface area contributed by atoms with Crippen molar-refractivity contribution in [2.45, 2.75) is 32.7 Å². The van der Waals surface area contributed by atoms with Gasteiger partial charge in [-0.3, -0.25) is 4.79 Å². The van der Waals surface area contributed by atoms with Crippen molar-refractivity contribution in [3.05, 3.63) is 72.4 Å². The lowest BCUT2D eigenvalue weighted by Crippen LogP contribution is -2.41. The van der Waals surface area contributed by atoms with Crippen molar-refractivity contribution in [3.8, 4) is 0 Å². The van der Waals surface area contributed by atoms with Crippen LogP contribution in [0.2, 0.25) is 0 Å². The van der Waals surface area contributed by atoms with Gasteiger partial charge in [0.15, 0.2) is 0 Å². The third-order valence-corrected chi connectivity index (χ3v) is 6.71. The number of aromatic nitrogens is 3. The first-order chi connectivity index (χ1) is 16.1. The van der Waals surface area contributed by atoms with Gasteiger partial charge in [-0.05, 0) is 56.0 Å². The Kier molecular flexibility index (Phi) is 5.90. The zero-order valence-corrected chi connectivity index (χ0v) is 19.2. The fraction of sp³-hybridized carbons (Fsp3) is 0.333. The molecule has 2 N–H and O–H groups in total. The first-order valence-electron chi connectivity index (χ1n) is 11.8. The van der Waals surface area contributed by atoms with Gasteiger partial charge >= 0.3 is 0 Å². The van der Waals surface area contributed by atoms with Crippen molar-refractivity contribution >= 4 is 33.8 Å². The number of carbonyl (C=O) groups is 1. The number of fused-ring (bicyclic) bond motifs is 2. The molecule has 2 aromatic heterocycles. The van der Waals surface area contributed by atoms with Gasteiger partial charge in [-0.15, -0.1) is 6.58 Å². The van der Waals surface area contributed by atoms with E-state index in [0.717, 1.165) is 61.4 Å². The van der Waals surface area contributed by atoms with Crippen LogP contribution >= 0.6 is 0 Å². The Morgan fingerprint density at radius 3 is 2.88 bits per heavy atom. The summed E-state index contributed by atoms with van der Waals surface area (Å²) in [5, 5.41) is 4.42. The first kappa shape index (κ1) is 21.3. The Morgan fingerprint density at radius 1 is 1.24 bits per heavy atom. The van der Waals surface area contributed by atoms with Gasteiger partial charge in [-0.25, -0.2) is 4.98 Å². The number of H-pyrrole nitrogens is 1. The Hall–Kier alpha value is -3.54. The third kappa shape index (κ3) is 4.25. The molecule has 6 nitrogen and oxygen atoms in total. The van der Waals surface area contributed by atoms with Crippen molar-refractivity contribution in [2.75, 3.05) is 24.5 Å². The number of imidazole rings is 1. The van der Waals surface area contributed by atoms with Gasteiger partial charge < -0.3 is 19.8 Å². The van der Waals surface area contributed by atoms with Crippen LogP contribution in [0.15, 0.2) is 61.3 Å². The van der Waals surface area contributed by atoms with E-state index in [1.165, 1.54) is 16.5 Å². The van der Waals surface area contributed by atoms with Gasteiger partial charge in [0.2, 0.25) is 11.9 Å². The number of benzene rings is 2. The minimum atomic E-state index is 0.0590. The number of rotatable bonds is 7. The van der Waals surface area contributed by atoms with E-state index in [4.69, 9.17) is 4.98 Å². The van der Waals surface area contributed by atoms with E-state index in [9.17, 15) is 4.79 Å². The maximum atomic E-state index is 12.8. The highest BCUT2D eigenvalue weighted by Crippen LogP contribution is 2.27. The molecule has 1 amide bonds. The maximum absolute atomic E-state index is 12.8. The Balaban J connectivity index is 1.18. The zero-order chi connectivity index (χ0) is 22.8. The molecule has 0 saturated carbocycles. The largest absolute Gasteiger partial charge is 0.361 e. The molecule has 0 radical (unpaired) electrons. The van der Waals surface area contributed by atoms with Crippen LogP contribution in [0.3, 0.4) is 0 Å². The molecule has 1 saturated heterocycles. The number of nitrogens with one attached hydrogen (secondary N) is 2. The van der Waals surface area contributed by atoms with Crippen LogP contribution in [0, 0.1) is 12.8 Å². The van der Waals surface area contributed by atoms with Crippen molar-refractivity contribution in [1.29, 1.82) is 0 Å². The summed E-state index contributed by atoms with van der Waals surface area (Å²) >= 11 is 0. The van der Waals surface area contributed by atoms with Crippen molar-refractivity contribution in [1.82, 2.24) is 19.9 Å². The summed E-state index contributed by atoms with van der Waals surface area (Å²) in [6, 6.07) is 14.6. The average molecular weight is 442 g/mol. The van der Waals surface area contributed by atoms with E-state index < -0.39 is 0 Å². The third-order valence-electron chi connectivity index (χ3n) is 6.71. The van der Waals surface area contributed by atoms with Crippen LogP contribution in [0.5, 0.6) is 0 Å². The van der Waals surface area contributed by atoms with Gasteiger partial charge in [0.1, 0.15) is 0 Å². The molecule has 2 aromatic carbocycles. The molecule has 1 aliphatic heterocycles. The standard InChI is InChI=1S/C27H31N5O/c1-3-14-32-25-7-5-4-6-24(25)30-27(32)31-15-11-20(12-16-31)26(33)28-13-10-21-18-29-23-9-8-19(2)17-22(21)23/h3-9,17-18,20,29H,1,10-16H2,2H3,(H,28,33). The van der Waals surface area contributed by atoms with Crippen molar-refractivity contribution in [3.63, 3.8) is 0 Å². The van der Waals surface area contributed by atoms with Crippen LogP contribution in [0.25, 0.3) is 21.9 Å². The molecule has 4 aromatic rings. The number of allylic oxidation sites excluding steroid dienone is 1. The van der Waals surface area contributed by atoms with E-state index >= 15 is 0 Å². The molecule has 3 heterocycles. The maximum Gasteiger partial charge on any atom is 0.223 e. The normalized spacial score (nSPS) is 14.8. The topological polar surface area (TPSA) is 66.0 Å². The fourth-order valence-corrected chi connectivity index (χ4v) is 4.92. The molecule has 1 aliphatic rings. The number of hydrogen-bond donors (Lipinski definition) is 2. The smallest absolute Gasteiger partial charge is 0.223 e. The van der Waals surface area contributed by atoms with E-state index in [-0.39, 0.29) is 11.8 Å². The van der Waals surface area contributed by atoms with E-state index in [2.05, 4.69) is 63.7 Å². The molecule has 33 heavy (non-hydrogen) atoms. The number of piperidine rings is 1. The molecule has 0 atom stereocenters. The molecule has 5 rings (SSSR count). The summed E-state index contributed by atoms with van der Waals surface area (Å²) in [7, 11) is 0. The molecular weight excluding hydrogens is 410 g/mol. The molecule has 1 fully saturated rings. The number of aryl methyl sites for hydroxylation is 1. The molecule has 0 aliphatic carbocycles. The number of carbonyl (C=O) groups excluding carboxylic acids is 1. The lowest BCUT2D eigenvalue weighted by atomic mass is 9.96. The summed E-state index contributed by atoms with van der Waals surface area (Å²) < 4.78 is 2.21. The monoisotopic (exact) mass is 441 g/mol. The summed E-state index contributed by atoms with van der Waals surface area (Å²) in [6.45, 7) is 9.07. The lowest BCUT2D eigenvalue weighted by Gasteiger charge is -2.32. The van der Waals surface area contributed by atoms with Crippen LogP contribution < -0.4 is 10.2 Å². The zero-order valence-electron chi connectivity index (χ0n) is 19.2. The van der Waals surface area contributed by atoms with E-state index in [1.807, 2.05) is 24.3 Å². The second-order valence-corrected chi connectivity index (χ2v) is 8.97. The number of hydrogen-bond acceptors (Lipinski definition) is 3. The summed E-state index contributed by atoms with van der Waals surface area (Å²) in [5.41, 5.74) is 5.78. The quantitative estimate of drug-likeness (QED) is 0.412. The Bertz CT molecular complexity index is 1290. The summed E-state index contributed by atoms with van der Waals surface area (Å²) in [6.07, 6.45) is 6.49. The molecule has 0 bridgehead atoms. The second kappa shape index (κ2) is 9.14. The fourth-order valence-electron chi connectivity index (χ4n) is 4.92. The van der Waals surface area contributed by atoms with Gasteiger partial charge in [0.05, 0.1) is 11.0 Å². The SMILES string of the molecule is C=CCn1c(N2CCC(C(=O)NCCc3c[nH]c4ccc(C)cc34)CC2)nc2ccccc21. The number of amides is 1. The molecular formula is C27H31N5O. The number of nitrogens with zero attached hydrogens (tertiary/aromatic N) is 3. The van der Waals surface area contributed by atoms with Crippen LogP contribution in [-0.4, -0.2) is 40.1 Å². The van der Waals surface area contributed by atoms with Crippen LogP contribution in [0.1, 0.15) is 24.0 Å². The highest BCUT2D eigenvalue weighted by Gasteiger charge is 2.27. The predicted octanol–water partition coefficient (Wildman–Crippen LogP) is 4.59. The number of anilines is 1. The Morgan fingerprint density at radius 2 is 2.06 bits per heavy atom. The molecule has 0 spiro atoms. The highest BCUT2D eigenvalue weighted by molar-refractivity contribution is 5.84. The summed E-state index contributed by atoms with van der Waals surface area (Å²) in [4.78, 5) is 23.3. The molecule has 170 valence electrons. The van der Waals surface area contributed by atoms with Crippen molar-refractivity contribution < 1.29 is 4.79 Å². The minimum Gasteiger partial charge on any atom is -0.361 e.